The first-order chi connectivity index (χ1) is 11.5. The second-order valence-electron chi connectivity index (χ2n) is 6.92. The van der Waals surface area contributed by atoms with Crippen LogP contribution in [0.5, 0.6) is 0 Å². The highest BCUT2D eigenvalue weighted by molar-refractivity contribution is 6.00. The third kappa shape index (κ3) is 3.90. The Kier molecular flexibility index (Phi) is 5.10. The summed E-state index contributed by atoms with van der Waals surface area (Å²) in [7, 11) is 0. The van der Waals surface area contributed by atoms with E-state index in [-0.39, 0.29) is 0 Å². The molecular weight excluding hydrogens is 294 g/mol. The second kappa shape index (κ2) is 7.27. The average molecular weight is 321 g/mol. The molecule has 0 spiro atoms. The first-order valence-corrected chi connectivity index (χ1v) is 8.84. The predicted molar refractivity (Wildman–Crippen MR) is 101 cm³/mol. The fourth-order valence-corrected chi connectivity index (χ4v) is 3.34. The number of aliphatic imine (C=N–C) groups is 1. The number of aromatic nitrogens is 1. The van der Waals surface area contributed by atoms with Crippen LogP contribution in [-0.2, 0) is 6.54 Å². The summed E-state index contributed by atoms with van der Waals surface area (Å²) in [5.74, 6) is 0. The van der Waals surface area contributed by atoms with Gasteiger partial charge in [0.2, 0.25) is 0 Å². The van der Waals surface area contributed by atoms with E-state index in [1.807, 2.05) is 19.2 Å². The predicted octanol–water partition coefficient (Wildman–Crippen LogP) is 4.74. The number of pyridine rings is 1. The molecule has 0 N–H and O–H groups in total. The van der Waals surface area contributed by atoms with Crippen LogP contribution in [0.25, 0.3) is 0 Å². The summed E-state index contributed by atoms with van der Waals surface area (Å²) < 4.78 is 0. The third-order valence-electron chi connectivity index (χ3n) is 4.91. The molecule has 24 heavy (non-hydrogen) atoms. The number of nitrogens with zero attached hydrogens (tertiary/aromatic N) is 3. The second-order valence-corrected chi connectivity index (χ2v) is 6.92. The number of hydrogen-bond acceptors (Lipinski definition) is 3. The van der Waals surface area contributed by atoms with Crippen LogP contribution in [0.3, 0.4) is 0 Å². The smallest absolute Gasteiger partial charge is 0.0668 e. The van der Waals surface area contributed by atoms with Crippen LogP contribution in [0.4, 0.5) is 5.69 Å². The van der Waals surface area contributed by atoms with Gasteiger partial charge in [-0.05, 0) is 94.1 Å². The van der Waals surface area contributed by atoms with E-state index >= 15 is 0 Å². The number of aryl methyl sites for hydroxylation is 2. The first-order valence-electron chi connectivity index (χ1n) is 8.84. The summed E-state index contributed by atoms with van der Waals surface area (Å²) in [6.45, 7) is 11.9. The van der Waals surface area contributed by atoms with Crippen molar-refractivity contribution in [2.24, 2.45) is 4.99 Å². The van der Waals surface area contributed by atoms with Gasteiger partial charge in [-0.25, -0.2) is 0 Å². The molecule has 126 valence electrons. The quantitative estimate of drug-likeness (QED) is 0.761. The molecule has 0 unspecified atom stereocenters. The molecule has 0 amide bonds. The number of hydrogen-bond donors (Lipinski definition) is 0. The van der Waals surface area contributed by atoms with E-state index in [0.29, 0.717) is 0 Å². The lowest BCUT2D eigenvalue weighted by Gasteiger charge is -2.17. The van der Waals surface area contributed by atoms with Crippen molar-refractivity contribution in [3.63, 3.8) is 0 Å². The van der Waals surface area contributed by atoms with Gasteiger partial charge in [0.25, 0.3) is 0 Å². The van der Waals surface area contributed by atoms with Crippen LogP contribution in [0.1, 0.15) is 47.7 Å². The zero-order chi connectivity index (χ0) is 17.1. The Labute approximate surface area is 145 Å². The SMILES string of the molecule is C/C(=N\c1cc(CN2CCCC2)cc(C)c1C)c1ccnc(C)c1. The monoisotopic (exact) mass is 321 g/mol. The van der Waals surface area contributed by atoms with Gasteiger partial charge in [0.1, 0.15) is 0 Å². The molecule has 0 aliphatic carbocycles. The van der Waals surface area contributed by atoms with E-state index in [9.17, 15) is 0 Å². The van der Waals surface area contributed by atoms with E-state index in [1.165, 1.54) is 42.6 Å². The van der Waals surface area contributed by atoms with E-state index in [1.54, 1.807) is 0 Å². The molecule has 3 rings (SSSR count). The van der Waals surface area contributed by atoms with Crippen molar-refractivity contribution < 1.29 is 0 Å². The van der Waals surface area contributed by atoms with Crippen molar-refractivity contribution in [1.82, 2.24) is 9.88 Å². The maximum atomic E-state index is 4.94. The molecular formula is C21H27N3. The van der Waals surface area contributed by atoms with Gasteiger partial charge < -0.3 is 0 Å². The molecule has 0 atom stereocenters. The van der Waals surface area contributed by atoms with Crippen LogP contribution >= 0.6 is 0 Å². The summed E-state index contributed by atoms with van der Waals surface area (Å²) in [6.07, 6.45) is 4.51. The topological polar surface area (TPSA) is 28.5 Å². The number of rotatable bonds is 4. The van der Waals surface area contributed by atoms with Gasteiger partial charge in [-0.2, -0.15) is 0 Å². The van der Waals surface area contributed by atoms with Crippen molar-refractivity contribution >= 4 is 11.4 Å². The van der Waals surface area contributed by atoms with E-state index in [2.05, 4.69) is 48.9 Å². The Morgan fingerprint density at radius 2 is 1.88 bits per heavy atom. The lowest BCUT2D eigenvalue weighted by atomic mass is 10.0. The van der Waals surface area contributed by atoms with Gasteiger partial charge in [0.05, 0.1) is 5.69 Å². The molecule has 2 aromatic rings. The lowest BCUT2D eigenvalue weighted by molar-refractivity contribution is 0.331. The van der Waals surface area contributed by atoms with Crippen LogP contribution < -0.4 is 0 Å². The standard InChI is InChI=1S/C21H27N3/c1-15-11-19(14-24-9-5-6-10-24)13-21(17(15)3)23-18(4)20-7-8-22-16(2)12-20/h7-8,11-13H,5-6,9-10,14H2,1-4H3/b23-18+. The number of likely N-dealkylation sites (tertiary alicyclic amines) is 1. The molecule has 0 bridgehead atoms. The summed E-state index contributed by atoms with van der Waals surface area (Å²) in [6, 6.07) is 8.70. The summed E-state index contributed by atoms with van der Waals surface area (Å²) in [5, 5.41) is 0. The molecule has 1 aromatic carbocycles. The van der Waals surface area contributed by atoms with Crippen molar-refractivity contribution in [1.29, 1.82) is 0 Å². The highest BCUT2D eigenvalue weighted by atomic mass is 15.1. The maximum Gasteiger partial charge on any atom is 0.0668 e. The van der Waals surface area contributed by atoms with Gasteiger partial charge in [0.15, 0.2) is 0 Å². The first kappa shape index (κ1) is 16.8. The minimum atomic E-state index is 1.03. The van der Waals surface area contributed by atoms with Gasteiger partial charge in [0, 0.05) is 24.1 Å². The fraction of sp³-hybridized carbons (Fsp3) is 0.429. The number of benzene rings is 1. The zero-order valence-electron chi connectivity index (χ0n) is 15.3. The highest BCUT2D eigenvalue weighted by Crippen LogP contribution is 2.26. The van der Waals surface area contributed by atoms with Crippen LogP contribution in [0.2, 0.25) is 0 Å². The van der Waals surface area contributed by atoms with E-state index in [0.717, 1.165) is 29.2 Å². The van der Waals surface area contributed by atoms with Gasteiger partial charge in [-0.3, -0.25) is 14.9 Å². The van der Waals surface area contributed by atoms with Crippen molar-refractivity contribution in [3.05, 3.63) is 58.4 Å². The molecule has 1 aromatic heterocycles. The maximum absolute atomic E-state index is 4.94. The van der Waals surface area contributed by atoms with Gasteiger partial charge in [-0.15, -0.1) is 0 Å². The Hall–Kier alpha value is -2.00. The Morgan fingerprint density at radius 3 is 2.58 bits per heavy atom. The Morgan fingerprint density at radius 1 is 1.12 bits per heavy atom. The van der Waals surface area contributed by atoms with Crippen LogP contribution in [0, 0.1) is 20.8 Å². The van der Waals surface area contributed by atoms with Crippen LogP contribution in [-0.4, -0.2) is 28.7 Å². The molecule has 0 saturated carbocycles. The molecule has 3 nitrogen and oxygen atoms in total. The normalized spacial score (nSPS) is 15.9. The average Bonchev–Trinajstić information content (AvgIpc) is 3.05. The molecule has 3 heteroatoms. The fourth-order valence-electron chi connectivity index (χ4n) is 3.34. The largest absolute Gasteiger partial charge is 0.299 e. The third-order valence-corrected chi connectivity index (χ3v) is 4.91. The van der Waals surface area contributed by atoms with Crippen LogP contribution in [0.15, 0.2) is 35.5 Å². The lowest BCUT2D eigenvalue weighted by Crippen LogP contribution is -2.18. The molecule has 1 aliphatic heterocycles. The zero-order valence-corrected chi connectivity index (χ0v) is 15.3. The summed E-state index contributed by atoms with van der Waals surface area (Å²) in [5.41, 5.74) is 8.27. The molecule has 1 aliphatic rings. The van der Waals surface area contributed by atoms with Gasteiger partial charge >= 0.3 is 0 Å². The minimum absolute atomic E-state index is 1.03. The van der Waals surface area contributed by atoms with E-state index in [4.69, 9.17) is 4.99 Å². The molecule has 2 heterocycles. The molecule has 1 saturated heterocycles. The summed E-state index contributed by atoms with van der Waals surface area (Å²) >= 11 is 0. The van der Waals surface area contributed by atoms with Crippen molar-refractivity contribution in [3.8, 4) is 0 Å². The van der Waals surface area contributed by atoms with E-state index < -0.39 is 0 Å². The summed E-state index contributed by atoms with van der Waals surface area (Å²) in [4.78, 5) is 11.7. The van der Waals surface area contributed by atoms with Gasteiger partial charge in [-0.1, -0.05) is 6.07 Å². The minimum Gasteiger partial charge on any atom is -0.299 e. The highest BCUT2D eigenvalue weighted by Gasteiger charge is 2.13. The molecule has 1 fully saturated rings. The molecule has 0 radical (unpaired) electrons. The van der Waals surface area contributed by atoms with Crippen molar-refractivity contribution in [2.45, 2.75) is 47.1 Å². The van der Waals surface area contributed by atoms with Crippen molar-refractivity contribution in [2.75, 3.05) is 13.1 Å². The Bertz CT molecular complexity index is 756. The Balaban J connectivity index is 1.91.